The van der Waals surface area contributed by atoms with E-state index in [9.17, 15) is 9.90 Å². The zero-order valence-electron chi connectivity index (χ0n) is 16.6. The van der Waals surface area contributed by atoms with E-state index in [1.807, 2.05) is 69.7 Å². The highest BCUT2D eigenvalue weighted by Crippen LogP contribution is 2.16. The van der Waals surface area contributed by atoms with Crippen molar-refractivity contribution in [3.8, 4) is 0 Å². The molecule has 27 heavy (non-hydrogen) atoms. The molecule has 5 heteroatoms. The summed E-state index contributed by atoms with van der Waals surface area (Å²) in [6, 6.07) is 7.88. The van der Waals surface area contributed by atoms with E-state index in [1.165, 1.54) is 0 Å². The van der Waals surface area contributed by atoms with Crippen LogP contribution in [0.5, 0.6) is 0 Å². The fraction of sp³-hybridized carbons (Fsp3) is 0.318. The smallest absolute Gasteiger partial charge is 0.338 e. The van der Waals surface area contributed by atoms with Gasteiger partial charge in [0.15, 0.2) is 0 Å². The van der Waals surface area contributed by atoms with E-state index >= 15 is 0 Å². The van der Waals surface area contributed by atoms with Gasteiger partial charge < -0.3 is 22.3 Å². The average molecular weight is 392 g/mol. The number of benzene rings is 1. The second kappa shape index (κ2) is 11.5. The first-order valence-electron chi connectivity index (χ1n) is 8.57. The minimum absolute atomic E-state index is 0. The highest BCUT2D eigenvalue weighted by molar-refractivity contribution is 5.88. The number of allylic oxidation sites excluding steroid dienone is 4. The van der Waals surface area contributed by atoms with Gasteiger partial charge in [-0.3, -0.25) is 4.48 Å². The Morgan fingerprint density at radius 3 is 2.48 bits per heavy atom. The minimum atomic E-state index is -0.774. The maximum absolute atomic E-state index is 12.4. The number of hydrogen-bond acceptors (Lipinski definition) is 3. The van der Waals surface area contributed by atoms with Crippen molar-refractivity contribution < 1.29 is 31.5 Å². The maximum atomic E-state index is 12.4. The van der Waals surface area contributed by atoms with Crippen LogP contribution in [0.4, 0.5) is 0 Å². The lowest BCUT2D eigenvalue weighted by molar-refractivity contribution is -0.920. The van der Waals surface area contributed by atoms with Gasteiger partial charge in [-0.25, -0.2) is 4.79 Å². The van der Waals surface area contributed by atoms with Crippen molar-refractivity contribution in [1.29, 1.82) is 0 Å². The molecule has 4 nitrogen and oxygen atoms in total. The van der Waals surface area contributed by atoms with Crippen LogP contribution in [-0.2, 0) is 16.0 Å². The number of aliphatic hydroxyl groups is 1. The van der Waals surface area contributed by atoms with Gasteiger partial charge in [-0.1, -0.05) is 67.8 Å². The number of likely N-dealkylation sites (N-methyl/N-ethyl adjacent to an activating group) is 1. The van der Waals surface area contributed by atoms with Crippen LogP contribution in [-0.4, -0.2) is 49.0 Å². The summed E-state index contributed by atoms with van der Waals surface area (Å²) in [6.07, 6.45) is 8.35. The van der Waals surface area contributed by atoms with Crippen molar-refractivity contribution in [3.63, 3.8) is 0 Å². The Labute approximate surface area is 169 Å². The van der Waals surface area contributed by atoms with Crippen LogP contribution in [0, 0.1) is 0 Å². The summed E-state index contributed by atoms with van der Waals surface area (Å²) in [5.41, 5.74) is 2.36. The molecule has 0 aliphatic rings. The van der Waals surface area contributed by atoms with E-state index in [4.69, 9.17) is 4.74 Å². The average Bonchev–Trinajstić information content (AvgIpc) is 2.55. The Bertz CT molecular complexity index is 700. The van der Waals surface area contributed by atoms with E-state index in [2.05, 4.69) is 13.2 Å². The number of nitrogens with zero attached hydrogens (tertiary/aromatic N) is 1. The Kier molecular flexibility index (Phi) is 10.6. The number of ether oxygens (including phenoxy) is 1. The quantitative estimate of drug-likeness (QED) is 0.219. The highest BCUT2D eigenvalue weighted by atomic mass is 35.5. The van der Waals surface area contributed by atoms with Gasteiger partial charge in [0.05, 0.1) is 21.1 Å². The molecule has 2 atom stereocenters. The summed E-state index contributed by atoms with van der Waals surface area (Å²) in [6.45, 7) is 9.09. The third-order valence-electron chi connectivity index (χ3n) is 3.71. The molecular formula is C22H30ClNO3. The summed E-state index contributed by atoms with van der Waals surface area (Å²) >= 11 is 0. The normalized spacial score (nSPS) is 13.8. The number of esters is 1. The molecule has 0 saturated heterocycles. The number of hydrogen-bond donors (Lipinski definition) is 1. The lowest BCUT2D eigenvalue weighted by Crippen LogP contribution is -3.00. The van der Waals surface area contributed by atoms with Crippen LogP contribution in [0.25, 0.3) is 6.08 Å². The minimum Gasteiger partial charge on any atom is -1.00 e. The molecule has 1 aromatic carbocycles. The molecule has 0 radical (unpaired) electrons. The number of aliphatic hydroxyl groups excluding tert-OH is 1. The predicted molar refractivity (Wildman–Crippen MR) is 107 cm³/mol. The molecule has 0 saturated carbocycles. The van der Waals surface area contributed by atoms with E-state index < -0.39 is 18.3 Å². The first-order valence-corrected chi connectivity index (χ1v) is 8.57. The summed E-state index contributed by atoms with van der Waals surface area (Å²) in [7, 11) is 5.60. The summed E-state index contributed by atoms with van der Waals surface area (Å²) < 4.78 is 5.80. The Hall–Kier alpha value is -2.14. The summed E-state index contributed by atoms with van der Waals surface area (Å²) in [5, 5.41) is 9.88. The number of halogens is 1. The second-order valence-corrected chi connectivity index (χ2v) is 7.16. The monoisotopic (exact) mass is 391 g/mol. The molecule has 1 rings (SSSR count). The highest BCUT2D eigenvalue weighted by Gasteiger charge is 2.33. The lowest BCUT2D eigenvalue weighted by Gasteiger charge is -2.34. The van der Waals surface area contributed by atoms with Crippen molar-refractivity contribution >= 4 is 12.0 Å². The van der Waals surface area contributed by atoms with Gasteiger partial charge in [-0.15, -0.1) is 0 Å². The molecule has 2 unspecified atom stereocenters. The SMILES string of the molecule is C=CC=CC=Cc1cccc(CC(=C)C(=O)OC(C(C)O)[N+](C)(C)C)c1.[Cl-]. The van der Waals surface area contributed by atoms with Crippen molar-refractivity contribution in [3.05, 3.63) is 78.4 Å². The van der Waals surface area contributed by atoms with Crippen LogP contribution in [0.1, 0.15) is 18.1 Å². The van der Waals surface area contributed by atoms with Gasteiger partial charge in [0.2, 0.25) is 0 Å². The molecule has 148 valence electrons. The maximum Gasteiger partial charge on any atom is 0.338 e. The Morgan fingerprint density at radius 1 is 1.26 bits per heavy atom. The number of carbonyl (C=O) groups excluding carboxylic acids is 1. The van der Waals surface area contributed by atoms with Crippen LogP contribution in [0.15, 0.2) is 67.3 Å². The fourth-order valence-corrected chi connectivity index (χ4v) is 2.53. The largest absolute Gasteiger partial charge is 1.00 e. The van der Waals surface area contributed by atoms with Crippen molar-refractivity contribution in [2.75, 3.05) is 21.1 Å². The second-order valence-electron chi connectivity index (χ2n) is 7.16. The third kappa shape index (κ3) is 8.87. The molecule has 0 spiro atoms. The lowest BCUT2D eigenvalue weighted by atomic mass is 10.0. The topological polar surface area (TPSA) is 46.5 Å². The van der Waals surface area contributed by atoms with Gasteiger partial charge >= 0.3 is 5.97 Å². The zero-order valence-corrected chi connectivity index (χ0v) is 17.3. The molecule has 0 aliphatic heterocycles. The Morgan fingerprint density at radius 2 is 1.93 bits per heavy atom. The fourth-order valence-electron chi connectivity index (χ4n) is 2.53. The number of quaternary nitrogens is 1. The molecule has 0 aliphatic carbocycles. The van der Waals surface area contributed by atoms with E-state index in [1.54, 1.807) is 13.0 Å². The summed E-state index contributed by atoms with van der Waals surface area (Å²) in [4.78, 5) is 12.4. The number of rotatable bonds is 9. The van der Waals surface area contributed by atoms with Crippen LogP contribution < -0.4 is 12.4 Å². The van der Waals surface area contributed by atoms with E-state index in [-0.39, 0.29) is 12.4 Å². The number of carbonyl (C=O) groups is 1. The van der Waals surface area contributed by atoms with Crippen LogP contribution in [0.2, 0.25) is 0 Å². The van der Waals surface area contributed by atoms with Crippen LogP contribution >= 0.6 is 0 Å². The van der Waals surface area contributed by atoms with Gasteiger partial charge in [0, 0.05) is 12.0 Å². The van der Waals surface area contributed by atoms with Crippen molar-refractivity contribution in [2.45, 2.75) is 25.7 Å². The molecule has 0 bridgehead atoms. The van der Waals surface area contributed by atoms with Gasteiger partial charge in [-0.05, 0) is 18.1 Å². The zero-order chi connectivity index (χ0) is 19.7. The van der Waals surface area contributed by atoms with Crippen molar-refractivity contribution in [1.82, 2.24) is 0 Å². The van der Waals surface area contributed by atoms with Gasteiger partial charge in [0.25, 0.3) is 6.23 Å². The van der Waals surface area contributed by atoms with Crippen molar-refractivity contribution in [2.24, 2.45) is 0 Å². The first kappa shape index (κ1) is 24.9. The molecule has 0 amide bonds. The van der Waals surface area contributed by atoms with Gasteiger partial charge in [0.1, 0.15) is 6.10 Å². The van der Waals surface area contributed by atoms with Crippen LogP contribution in [0.3, 0.4) is 0 Å². The summed E-state index contributed by atoms with van der Waals surface area (Å²) in [5.74, 6) is -0.487. The standard InChI is InChI=1S/C22H30NO3.ClH/c1-7-8-9-10-12-19-13-11-14-20(16-19)15-17(2)22(25)26-21(18(3)24)23(4,5)6;/h7-14,16,18,21,24H,1-2,15H2,3-6H3;1H/q+1;/p-1. The van der Waals surface area contributed by atoms with E-state index in [0.29, 0.717) is 16.5 Å². The molecule has 1 aromatic rings. The molecular weight excluding hydrogens is 362 g/mol. The predicted octanol–water partition coefficient (Wildman–Crippen LogP) is 0.501. The van der Waals surface area contributed by atoms with E-state index in [0.717, 1.165) is 11.1 Å². The Balaban J connectivity index is 0.00000676. The molecule has 0 heterocycles. The van der Waals surface area contributed by atoms with Gasteiger partial charge in [-0.2, -0.15) is 0 Å². The molecule has 1 N–H and O–H groups in total. The first-order chi connectivity index (χ1) is 12.1. The molecule has 0 fully saturated rings. The molecule has 0 aromatic heterocycles. The third-order valence-corrected chi connectivity index (χ3v) is 3.71.